The molecule has 1 unspecified atom stereocenters. The number of amides is 2. The second-order valence-corrected chi connectivity index (χ2v) is 7.07. The molecule has 0 aliphatic carbocycles. The molecule has 2 amide bonds. The van der Waals surface area contributed by atoms with Crippen molar-refractivity contribution in [2.75, 3.05) is 36.0 Å². The lowest BCUT2D eigenvalue weighted by atomic mass is 10.1. The van der Waals surface area contributed by atoms with Crippen LogP contribution >= 0.6 is 0 Å². The second kappa shape index (κ2) is 8.88. The van der Waals surface area contributed by atoms with E-state index in [0.29, 0.717) is 25.4 Å². The molecule has 2 rings (SSSR count). The van der Waals surface area contributed by atoms with Crippen LogP contribution in [0.5, 0.6) is 0 Å². The molecule has 0 bridgehead atoms. The van der Waals surface area contributed by atoms with Crippen LogP contribution in [0, 0.1) is 11.8 Å². The fourth-order valence-electron chi connectivity index (χ4n) is 3.19. The van der Waals surface area contributed by atoms with E-state index in [-0.39, 0.29) is 17.7 Å². The molecule has 1 saturated heterocycles. The zero-order chi connectivity index (χ0) is 18.4. The van der Waals surface area contributed by atoms with Gasteiger partial charge in [-0.25, -0.2) is 0 Å². The van der Waals surface area contributed by atoms with Crippen LogP contribution in [0.4, 0.5) is 11.4 Å². The molecule has 1 atom stereocenters. The normalized spacial score (nSPS) is 17.2. The van der Waals surface area contributed by atoms with Crippen molar-refractivity contribution < 1.29 is 9.59 Å². The van der Waals surface area contributed by atoms with Crippen LogP contribution in [0.25, 0.3) is 0 Å². The third kappa shape index (κ3) is 4.97. The average molecular weight is 345 g/mol. The number of nitrogens with zero attached hydrogens (tertiary/aromatic N) is 2. The standard InChI is InChI=1S/C20H31N3O2/c1-5-22(6-2)17-7-9-18(10-8-17)23-14-16(13-19(23)24)20(25)21-12-11-15(3)4/h7-10,15-16H,5-6,11-14H2,1-4H3,(H,21,25). The Morgan fingerprint density at radius 3 is 2.44 bits per heavy atom. The van der Waals surface area contributed by atoms with Crippen molar-refractivity contribution in [3.05, 3.63) is 24.3 Å². The third-order valence-electron chi connectivity index (χ3n) is 4.81. The van der Waals surface area contributed by atoms with Crippen molar-refractivity contribution in [3.8, 4) is 0 Å². The molecule has 5 nitrogen and oxygen atoms in total. The van der Waals surface area contributed by atoms with E-state index in [4.69, 9.17) is 0 Å². The maximum atomic E-state index is 12.3. The van der Waals surface area contributed by atoms with Crippen LogP contribution in [-0.4, -0.2) is 38.0 Å². The summed E-state index contributed by atoms with van der Waals surface area (Å²) in [4.78, 5) is 28.6. The smallest absolute Gasteiger partial charge is 0.227 e. The predicted molar refractivity (Wildman–Crippen MR) is 103 cm³/mol. The molecule has 0 aromatic heterocycles. The Bertz CT molecular complexity index is 579. The summed E-state index contributed by atoms with van der Waals surface area (Å²) in [6.07, 6.45) is 1.26. The SMILES string of the molecule is CCN(CC)c1ccc(N2CC(C(=O)NCCC(C)C)CC2=O)cc1. The monoisotopic (exact) mass is 345 g/mol. The fourth-order valence-corrected chi connectivity index (χ4v) is 3.19. The largest absolute Gasteiger partial charge is 0.372 e. The van der Waals surface area contributed by atoms with Gasteiger partial charge < -0.3 is 15.1 Å². The van der Waals surface area contributed by atoms with E-state index in [1.165, 1.54) is 0 Å². The minimum atomic E-state index is -0.248. The summed E-state index contributed by atoms with van der Waals surface area (Å²) in [6, 6.07) is 8.05. The number of rotatable bonds is 8. The lowest BCUT2D eigenvalue weighted by Crippen LogP contribution is -2.33. The van der Waals surface area contributed by atoms with E-state index < -0.39 is 0 Å². The van der Waals surface area contributed by atoms with Crippen LogP contribution in [0.3, 0.4) is 0 Å². The summed E-state index contributed by atoms with van der Waals surface area (Å²) in [5.74, 6) is 0.337. The topological polar surface area (TPSA) is 52.6 Å². The molecule has 0 saturated carbocycles. The third-order valence-corrected chi connectivity index (χ3v) is 4.81. The Balaban J connectivity index is 1.97. The van der Waals surface area contributed by atoms with E-state index in [2.05, 4.69) is 37.9 Å². The summed E-state index contributed by atoms with van der Waals surface area (Å²) in [6.45, 7) is 11.6. The van der Waals surface area contributed by atoms with E-state index in [1.807, 2.05) is 24.3 Å². The minimum absolute atomic E-state index is 0.00346. The number of anilines is 2. The van der Waals surface area contributed by atoms with Gasteiger partial charge in [-0.1, -0.05) is 13.8 Å². The van der Waals surface area contributed by atoms with Crippen molar-refractivity contribution in [2.24, 2.45) is 11.8 Å². The van der Waals surface area contributed by atoms with E-state index in [0.717, 1.165) is 30.9 Å². The summed E-state index contributed by atoms with van der Waals surface area (Å²) >= 11 is 0. The molecule has 5 heteroatoms. The highest BCUT2D eigenvalue weighted by atomic mass is 16.2. The number of carbonyl (C=O) groups is 2. The van der Waals surface area contributed by atoms with Gasteiger partial charge in [-0.3, -0.25) is 9.59 Å². The van der Waals surface area contributed by atoms with Gasteiger partial charge in [0.15, 0.2) is 0 Å². The Kier molecular flexibility index (Phi) is 6.85. The van der Waals surface area contributed by atoms with Crippen molar-refractivity contribution in [1.29, 1.82) is 0 Å². The first-order valence-corrected chi connectivity index (χ1v) is 9.39. The van der Waals surface area contributed by atoms with Crippen LogP contribution < -0.4 is 15.1 Å². The zero-order valence-electron chi connectivity index (χ0n) is 15.9. The minimum Gasteiger partial charge on any atom is -0.372 e. The molecule has 1 aromatic rings. The number of hydrogen-bond acceptors (Lipinski definition) is 3. The van der Waals surface area contributed by atoms with Crippen LogP contribution in [0.2, 0.25) is 0 Å². The molecule has 1 aliphatic heterocycles. The molecule has 1 heterocycles. The van der Waals surface area contributed by atoms with Gasteiger partial charge in [0.2, 0.25) is 11.8 Å². The molecule has 1 aliphatic rings. The van der Waals surface area contributed by atoms with Gasteiger partial charge >= 0.3 is 0 Å². The molecule has 1 fully saturated rings. The summed E-state index contributed by atoms with van der Waals surface area (Å²) < 4.78 is 0. The Morgan fingerprint density at radius 2 is 1.88 bits per heavy atom. The van der Waals surface area contributed by atoms with E-state index in [9.17, 15) is 9.59 Å². The molecular weight excluding hydrogens is 314 g/mol. The molecule has 1 N–H and O–H groups in total. The van der Waals surface area contributed by atoms with Crippen molar-refractivity contribution >= 4 is 23.2 Å². The first-order chi connectivity index (χ1) is 12.0. The summed E-state index contributed by atoms with van der Waals surface area (Å²) in [5.41, 5.74) is 2.03. The Hall–Kier alpha value is -2.04. The summed E-state index contributed by atoms with van der Waals surface area (Å²) in [5, 5.41) is 2.96. The van der Waals surface area contributed by atoms with Gasteiger partial charge in [0.05, 0.1) is 5.92 Å². The molecule has 138 valence electrons. The highest BCUT2D eigenvalue weighted by Crippen LogP contribution is 2.27. The lowest BCUT2D eigenvalue weighted by Gasteiger charge is -2.22. The number of nitrogens with one attached hydrogen (secondary N) is 1. The van der Waals surface area contributed by atoms with Gasteiger partial charge in [-0.15, -0.1) is 0 Å². The highest BCUT2D eigenvalue weighted by molar-refractivity contribution is 6.00. The average Bonchev–Trinajstić information content (AvgIpc) is 2.98. The first kappa shape index (κ1) is 19.3. The second-order valence-electron chi connectivity index (χ2n) is 7.07. The van der Waals surface area contributed by atoms with E-state index >= 15 is 0 Å². The maximum Gasteiger partial charge on any atom is 0.227 e. The summed E-state index contributed by atoms with van der Waals surface area (Å²) in [7, 11) is 0. The van der Waals surface area contributed by atoms with Gasteiger partial charge in [-0.05, 0) is 50.5 Å². The Morgan fingerprint density at radius 1 is 1.24 bits per heavy atom. The van der Waals surface area contributed by atoms with Crippen LogP contribution in [-0.2, 0) is 9.59 Å². The lowest BCUT2D eigenvalue weighted by molar-refractivity contribution is -0.126. The fraction of sp³-hybridized carbons (Fsp3) is 0.600. The van der Waals surface area contributed by atoms with Crippen molar-refractivity contribution in [2.45, 2.75) is 40.5 Å². The quantitative estimate of drug-likeness (QED) is 0.788. The molecule has 25 heavy (non-hydrogen) atoms. The number of benzene rings is 1. The van der Waals surface area contributed by atoms with E-state index in [1.54, 1.807) is 4.90 Å². The number of hydrogen-bond donors (Lipinski definition) is 1. The van der Waals surface area contributed by atoms with Gasteiger partial charge in [0.1, 0.15) is 0 Å². The highest BCUT2D eigenvalue weighted by Gasteiger charge is 2.34. The number of carbonyl (C=O) groups excluding carboxylic acids is 2. The first-order valence-electron chi connectivity index (χ1n) is 9.39. The van der Waals surface area contributed by atoms with Gasteiger partial charge in [-0.2, -0.15) is 0 Å². The Labute approximate surface area is 151 Å². The van der Waals surface area contributed by atoms with Crippen LogP contribution in [0.15, 0.2) is 24.3 Å². The van der Waals surface area contributed by atoms with Crippen LogP contribution in [0.1, 0.15) is 40.5 Å². The molecule has 1 aromatic carbocycles. The van der Waals surface area contributed by atoms with Crippen molar-refractivity contribution in [3.63, 3.8) is 0 Å². The zero-order valence-corrected chi connectivity index (χ0v) is 15.9. The molecular formula is C20H31N3O2. The van der Waals surface area contributed by atoms with Gasteiger partial charge in [0.25, 0.3) is 0 Å². The van der Waals surface area contributed by atoms with Gasteiger partial charge in [0, 0.05) is 44.0 Å². The molecule has 0 spiro atoms. The predicted octanol–water partition coefficient (Wildman–Crippen LogP) is 3.05. The molecule has 0 radical (unpaired) electrons. The maximum absolute atomic E-state index is 12.3. The van der Waals surface area contributed by atoms with Crippen molar-refractivity contribution in [1.82, 2.24) is 5.32 Å².